The topological polar surface area (TPSA) is 66.8 Å². The van der Waals surface area contributed by atoms with Gasteiger partial charge in [0.05, 0.1) is 12.7 Å². The van der Waals surface area contributed by atoms with Gasteiger partial charge in [0.25, 0.3) is 0 Å². The SMILES string of the molecule is CC(=O)OC[C@@H](C)[C@@H](O)[C@@H](C)CO. The summed E-state index contributed by atoms with van der Waals surface area (Å²) >= 11 is 0. The van der Waals surface area contributed by atoms with Crippen molar-refractivity contribution in [2.45, 2.75) is 26.9 Å². The Morgan fingerprint density at radius 2 is 1.92 bits per heavy atom. The van der Waals surface area contributed by atoms with Crippen LogP contribution in [0.3, 0.4) is 0 Å². The maximum absolute atomic E-state index is 10.5. The van der Waals surface area contributed by atoms with Crippen LogP contribution in [0.15, 0.2) is 0 Å². The molecule has 0 aromatic carbocycles. The molecule has 0 heterocycles. The molecule has 0 aromatic rings. The fourth-order valence-corrected chi connectivity index (χ4v) is 1.02. The average molecular weight is 190 g/mol. The highest BCUT2D eigenvalue weighted by Crippen LogP contribution is 2.12. The lowest BCUT2D eigenvalue weighted by Crippen LogP contribution is -2.31. The Labute approximate surface area is 78.5 Å². The van der Waals surface area contributed by atoms with Crippen molar-refractivity contribution in [3.05, 3.63) is 0 Å². The summed E-state index contributed by atoms with van der Waals surface area (Å²) in [6.45, 7) is 4.98. The molecule has 0 spiro atoms. The van der Waals surface area contributed by atoms with Crippen molar-refractivity contribution in [2.24, 2.45) is 11.8 Å². The summed E-state index contributed by atoms with van der Waals surface area (Å²) in [6.07, 6.45) is -0.635. The van der Waals surface area contributed by atoms with Gasteiger partial charge in [-0.15, -0.1) is 0 Å². The smallest absolute Gasteiger partial charge is 0.302 e. The lowest BCUT2D eigenvalue weighted by molar-refractivity contribution is -0.143. The van der Waals surface area contributed by atoms with Crippen molar-refractivity contribution >= 4 is 5.97 Å². The van der Waals surface area contributed by atoms with Crippen molar-refractivity contribution in [3.8, 4) is 0 Å². The van der Waals surface area contributed by atoms with Gasteiger partial charge in [0.2, 0.25) is 0 Å². The molecule has 0 saturated carbocycles. The van der Waals surface area contributed by atoms with Gasteiger partial charge in [-0.25, -0.2) is 0 Å². The van der Waals surface area contributed by atoms with Crippen LogP contribution in [-0.4, -0.2) is 35.5 Å². The minimum absolute atomic E-state index is 0.0639. The van der Waals surface area contributed by atoms with Gasteiger partial charge in [-0.3, -0.25) is 4.79 Å². The van der Waals surface area contributed by atoms with Crippen LogP contribution < -0.4 is 0 Å². The third-order valence-corrected chi connectivity index (χ3v) is 2.00. The number of aliphatic hydroxyl groups is 2. The molecule has 0 amide bonds. The largest absolute Gasteiger partial charge is 0.465 e. The maximum atomic E-state index is 10.5. The van der Waals surface area contributed by atoms with Crippen LogP contribution >= 0.6 is 0 Å². The molecule has 2 N–H and O–H groups in total. The normalized spacial score (nSPS) is 17.6. The van der Waals surface area contributed by atoms with Gasteiger partial charge in [0, 0.05) is 25.4 Å². The van der Waals surface area contributed by atoms with Crippen molar-refractivity contribution < 1.29 is 19.7 Å². The van der Waals surface area contributed by atoms with E-state index in [1.807, 2.05) is 0 Å². The monoisotopic (exact) mass is 190 g/mol. The van der Waals surface area contributed by atoms with E-state index in [0.29, 0.717) is 0 Å². The van der Waals surface area contributed by atoms with Gasteiger partial charge in [-0.05, 0) is 0 Å². The molecule has 13 heavy (non-hydrogen) atoms. The van der Waals surface area contributed by atoms with Gasteiger partial charge in [-0.2, -0.15) is 0 Å². The molecular weight excluding hydrogens is 172 g/mol. The number of hydrogen-bond acceptors (Lipinski definition) is 4. The van der Waals surface area contributed by atoms with E-state index >= 15 is 0 Å². The van der Waals surface area contributed by atoms with E-state index < -0.39 is 6.10 Å². The van der Waals surface area contributed by atoms with E-state index in [4.69, 9.17) is 9.84 Å². The third-order valence-electron chi connectivity index (χ3n) is 2.00. The maximum Gasteiger partial charge on any atom is 0.302 e. The predicted molar refractivity (Wildman–Crippen MR) is 48.1 cm³/mol. The zero-order valence-electron chi connectivity index (χ0n) is 8.36. The molecular formula is C9H18O4. The predicted octanol–water partition coefficient (Wildman–Crippen LogP) is 0.175. The Bertz CT molecular complexity index is 158. The summed E-state index contributed by atoms with van der Waals surface area (Å²) in [7, 11) is 0. The molecule has 0 unspecified atom stereocenters. The Morgan fingerprint density at radius 3 is 2.31 bits per heavy atom. The molecule has 0 aliphatic carbocycles. The second kappa shape index (κ2) is 5.94. The molecule has 0 aliphatic rings. The second-order valence-electron chi connectivity index (χ2n) is 3.43. The van der Waals surface area contributed by atoms with Crippen LogP contribution in [0.4, 0.5) is 0 Å². The first-order valence-electron chi connectivity index (χ1n) is 4.41. The van der Waals surface area contributed by atoms with Crippen LogP contribution in [0.25, 0.3) is 0 Å². The first-order valence-corrected chi connectivity index (χ1v) is 4.41. The number of esters is 1. The van der Waals surface area contributed by atoms with Crippen LogP contribution in [0.5, 0.6) is 0 Å². The van der Waals surface area contributed by atoms with Crippen LogP contribution in [0.2, 0.25) is 0 Å². The highest BCUT2D eigenvalue weighted by Gasteiger charge is 2.21. The molecule has 0 fully saturated rings. The molecule has 0 rings (SSSR count). The van der Waals surface area contributed by atoms with Crippen LogP contribution in [0, 0.1) is 11.8 Å². The molecule has 3 atom stereocenters. The first-order chi connectivity index (χ1) is 5.99. The summed E-state index contributed by atoms with van der Waals surface area (Å²) in [5.74, 6) is -0.688. The number of aliphatic hydroxyl groups excluding tert-OH is 2. The summed E-state index contributed by atoms with van der Waals surface area (Å²) in [6, 6.07) is 0. The zero-order valence-corrected chi connectivity index (χ0v) is 8.36. The number of rotatable bonds is 5. The first kappa shape index (κ1) is 12.4. The molecule has 0 aromatic heterocycles. The zero-order chi connectivity index (χ0) is 10.4. The Balaban J connectivity index is 3.81. The van der Waals surface area contributed by atoms with Gasteiger partial charge in [0.15, 0.2) is 0 Å². The average Bonchev–Trinajstić information content (AvgIpc) is 2.11. The van der Waals surface area contributed by atoms with Crippen molar-refractivity contribution in [3.63, 3.8) is 0 Å². The van der Waals surface area contributed by atoms with Gasteiger partial charge in [-0.1, -0.05) is 13.8 Å². The number of carbonyl (C=O) groups excluding carboxylic acids is 1. The Hall–Kier alpha value is -0.610. The van der Waals surface area contributed by atoms with E-state index in [0.717, 1.165) is 0 Å². The van der Waals surface area contributed by atoms with Crippen LogP contribution in [-0.2, 0) is 9.53 Å². The van der Waals surface area contributed by atoms with E-state index in [1.54, 1.807) is 13.8 Å². The molecule has 0 bridgehead atoms. The van der Waals surface area contributed by atoms with E-state index in [2.05, 4.69) is 0 Å². The fourth-order valence-electron chi connectivity index (χ4n) is 1.02. The van der Waals surface area contributed by atoms with Crippen molar-refractivity contribution in [1.82, 2.24) is 0 Å². The molecule has 4 nitrogen and oxygen atoms in total. The minimum atomic E-state index is -0.635. The van der Waals surface area contributed by atoms with Crippen molar-refractivity contribution in [1.29, 1.82) is 0 Å². The molecule has 0 radical (unpaired) electrons. The summed E-state index contributed by atoms with van der Waals surface area (Å²) in [5.41, 5.74) is 0. The highest BCUT2D eigenvalue weighted by atomic mass is 16.5. The lowest BCUT2D eigenvalue weighted by atomic mass is 9.95. The molecule has 0 aliphatic heterocycles. The Morgan fingerprint density at radius 1 is 1.38 bits per heavy atom. The molecule has 78 valence electrons. The Kier molecular flexibility index (Phi) is 5.66. The number of hydrogen-bond donors (Lipinski definition) is 2. The standard InChI is InChI=1S/C9H18O4/c1-6(4-10)9(12)7(2)5-13-8(3)11/h6-7,9-10,12H,4-5H2,1-3H3/t6-,7+,9-/m0/s1. The highest BCUT2D eigenvalue weighted by molar-refractivity contribution is 5.65. The second-order valence-corrected chi connectivity index (χ2v) is 3.43. The number of carbonyl (C=O) groups is 1. The van der Waals surface area contributed by atoms with Gasteiger partial charge in [0.1, 0.15) is 0 Å². The van der Waals surface area contributed by atoms with Gasteiger partial charge < -0.3 is 14.9 Å². The van der Waals surface area contributed by atoms with E-state index in [9.17, 15) is 9.90 Å². The molecule has 0 saturated heterocycles. The third kappa shape index (κ3) is 4.85. The van der Waals surface area contributed by atoms with E-state index in [-0.39, 0.29) is 31.0 Å². The van der Waals surface area contributed by atoms with Crippen molar-refractivity contribution in [2.75, 3.05) is 13.2 Å². The minimum Gasteiger partial charge on any atom is -0.465 e. The quantitative estimate of drug-likeness (QED) is 0.607. The molecule has 4 heteroatoms. The fraction of sp³-hybridized carbons (Fsp3) is 0.889. The summed E-state index contributed by atoms with van der Waals surface area (Å²) < 4.78 is 4.74. The van der Waals surface area contributed by atoms with E-state index in [1.165, 1.54) is 6.92 Å². The summed E-state index contributed by atoms with van der Waals surface area (Å²) in [5, 5.41) is 18.3. The lowest BCUT2D eigenvalue weighted by Gasteiger charge is -2.22. The van der Waals surface area contributed by atoms with Crippen LogP contribution in [0.1, 0.15) is 20.8 Å². The number of ether oxygens (including phenoxy) is 1. The summed E-state index contributed by atoms with van der Waals surface area (Å²) in [4.78, 5) is 10.5. The van der Waals surface area contributed by atoms with Gasteiger partial charge >= 0.3 is 5.97 Å².